The molecular formula is C18H23FN6O2. The predicted octanol–water partition coefficient (Wildman–Crippen LogP) is -0.0899. The summed E-state index contributed by atoms with van der Waals surface area (Å²) in [5, 5.41) is 5.72. The van der Waals surface area contributed by atoms with Crippen molar-refractivity contribution in [1.29, 1.82) is 0 Å². The van der Waals surface area contributed by atoms with Crippen LogP contribution in [0.4, 0.5) is 4.39 Å². The summed E-state index contributed by atoms with van der Waals surface area (Å²) in [6.07, 6.45) is -0.238. The fourth-order valence-corrected chi connectivity index (χ4v) is 3.62. The summed E-state index contributed by atoms with van der Waals surface area (Å²) in [6, 6.07) is 7.19. The number of halogens is 1. The van der Waals surface area contributed by atoms with E-state index in [9.17, 15) is 14.0 Å². The van der Waals surface area contributed by atoms with E-state index in [2.05, 4.69) is 15.6 Å². The molecule has 2 fully saturated rings. The summed E-state index contributed by atoms with van der Waals surface area (Å²) in [7, 11) is 0. The fraction of sp³-hybridized carbons (Fsp3) is 0.500. The first-order valence-corrected chi connectivity index (χ1v) is 9.15. The number of hydrogen-bond acceptors (Lipinski definition) is 5. The van der Waals surface area contributed by atoms with Crippen molar-refractivity contribution in [1.82, 2.24) is 30.0 Å². The van der Waals surface area contributed by atoms with E-state index in [1.54, 1.807) is 13.3 Å². The molecule has 0 aliphatic carbocycles. The molecule has 9 heteroatoms. The Balaban J connectivity index is 1.34. The van der Waals surface area contributed by atoms with Crippen LogP contribution in [-0.2, 0) is 16.1 Å². The van der Waals surface area contributed by atoms with Gasteiger partial charge in [0.25, 0.3) is 5.91 Å². The molecule has 2 aliphatic heterocycles. The van der Waals surface area contributed by atoms with Crippen LogP contribution in [0.1, 0.15) is 6.92 Å². The van der Waals surface area contributed by atoms with E-state index < -0.39 is 24.4 Å². The summed E-state index contributed by atoms with van der Waals surface area (Å²) in [5.41, 5.74) is 1.81. The zero-order valence-corrected chi connectivity index (χ0v) is 15.1. The Hall–Kier alpha value is -2.52. The second-order valence-corrected chi connectivity index (χ2v) is 7.05. The summed E-state index contributed by atoms with van der Waals surface area (Å²) in [5.74, 6) is -0.549. The third-order valence-corrected chi connectivity index (χ3v) is 5.25. The minimum absolute atomic E-state index is 0.0376. The fourth-order valence-electron chi connectivity index (χ4n) is 3.62. The molecule has 144 valence electrons. The molecule has 2 aliphatic rings. The number of benzene rings is 1. The molecule has 0 saturated carbocycles. The van der Waals surface area contributed by atoms with E-state index in [-0.39, 0.29) is 12.5 Å². The van der Waals surface area contributed by atoms with Crippen LogP contribution in [0.2, 0.25) is 0 Å². The quantitative estimate of drug-likeness (QED) is 0.785. The predicted molar refractivity (Wildman–Crippen MR) is 97.3 cm³/mol. The van der Waals surface area contributed by atoms with E-state index in [0.29, 0.717) is 26.2 Å². The molecule has 1 aromatic carbocycles. The van der Waals surface area contributed by atoms with Gasteiger partial charge in [0.05, 0.1) is 17.4 Å². The van der Waals surface area contributed by atoms with E-state index in [1.807, 2.05) is 38.6 Å². The van der Waals surface area contributed by atoms with Gasteiger partial charge in [0.2, 0.25) is 5.91 Å². The number of aromatic nitrogens is 2. The molecule has 1 aromatic heterocycles. The molecule has 0 radical (unpaired) electrons. The monoisotopic (exact) mass is 374 g/mol. The Morgan fingerprint density at radius 3 is 2.74 bits per heavy atom. The van der Waals surface area contributed by atoms with Gasteiger partial charge in [-0.1, -0.05) is 12.1 Å². The van der Waals surface area contributed by atoms with Crippen molar-refractivity contribution >= 4 is 22.8 Å². The summed E-state index contributed by atoms with van der Waals surface area (Å²) < 4.78 is 15.5. The number of nitrogens with one attached hydrogen (secondary N) is 2. The van der Waals surface area contributed by atoms with Crippen molar-refractivity contribution in [2.24, 2.45) is 0 Å². The molecule has 2 amide bonds. The van der Waals surface area contributed by atoms with Gasteiger partial charge in [0.15, 0.2) is 6.17 Å². The highest BCUT2D eigenvalue weighted by Crippen LogP contribution is 2.14. The van der Waals surface area contributed by atoms with Gasteiger partial charge in [-0.25, -0.2) is 9.37 Å². The topological polar surface area (TPSA) is 82.5 Å². The van der Waals surface area contributed by atoms with Gasteiger partial charge in [-0.05, 0) is 19.1 Å². The van der Waals surface area contributed by atoms with Crippen LogP contribution in [0, 0.1) is 0 Å². The average molecular weight is 374 g/mol. The smallest absolute Gasteiger partial charge is 0.258 e. The zero-order valence-electron chi connectivity index (χ0n) is 15.1. The second kappa shape index (κ2) is 7.24. The van der Waals surface area contributed by atoms with Crippen LogP contribution < -0.4 is 10.6 Å². The van der Waals surface area contributed by atoms with E-state index >= 15 is 0 Å². The standard InChI is InChI=1S/C18H23FN6O2/c1-12-16(19)17(27)22-18(21-12)24-8-6-23(7-9-24)15(26)10-25-11-20-13-4-2-3-5-14(13)25/h2-5,11-12,16,18,21H,6-10H2,1H3,(H,22,27). The maximum absolute atomic E-state index is 13.6. The summed E-state index contributed by atoms with van der Waals surface area (Å²) in [4.78, 5) is 32.5. The number of carbonyl (C=O) groups excluding carboxylic acids is 2. The highest BCUT2D eigenvalue weighted by atomic mass is 19.1. The number of amides is 2. The Kier molecular flexibility index (Phi) is 4.79. The van der Waals surface area contributed by atoms with Crippen LogP contribution >= 0.6 is 0 Å². The van der Waals surface area contributed by atoms with Gasteiger partial charge < -0.3 is 14.8 Å². The number of para-hydroxylation sites is 2. The molecule has 3 heterocycles. The number of rotatable bonds is 3. The molecule has 3 unspecified atom stereocenters. The zero-order chi connectivity index (χ0) is 19.0. The van der Waals surface area contributed by atoms with Gasteiger partial charge in [-0.3, -0.25) is 19.8 Å². The van der Waals surface area contributed by atoms with Crippen molar-refractivity contribution in [2.45, 2.75) is 32.0 Å². The molecular weight excluding hydrogens is 351 g/mol. The normalized spacial score (nSPS) is 27.0. The first-order valence-electron chi connectivity index (χ1n) is 9.15. The van der Waals surface area contributed by atoms with Crippen LogP contribution in [0.15, 0.2) is 30.6 Å². The number of fused-ring (bicyclic) bond motifs is 1. The third kappa shape index (κ3) is 3.52. The highest BCUT2D eigenvalue weighted by molar-refractivity contribution is 5.82. The summed E-state index contributed by atoms with van der Waals surface area (Å²) >= 11 is 0. The number of nitrogens with zero attached hydrogens (tertiary/aromatic N) is 4. The molecule has 0 spiro atoms. The Morgan fingerprint density at radius 2 is 2.00 bits per heavy atom. The lowest BCUT2D eigenvalue weighted by molar-refractivity contribution is -0.138. The number of alkyl halides is 1. The summed E-state index contributed by atoms with van der Waals surface area (Å²) in [6.45, 7) is 4.25. The van der Waals surface area contributed by atoms with Crippen LogP contribution in [0.3, 0.4) is 0 Å². The van der Waals surface area contributed by atoms with Crippen molar-refractivity contribution in [3.63, 3.8) is 0 Å². The van der Waals surface area contributed by atoms with Crippen molar-refractivity contribution in [3.05, 3.63) is 30.6 Å². The molecule has 2 saturated heterocycles. The Morgan fingerprint density at radius 1 is 1.26 bits per heavy atom. The molecule has 2 N–H and O–H groups in total. The van der Waals surface area contributed by atoms with E-state index in [1.165, 1.54) is 0 Å². The van der Waals surface area contributed by atoms with E-state index in [0.717, 1.165) is 11.0 Å². The SMILES string of the molecule is CC1NC(N2CCN(C(=O)Cn3cnc4ccccc43)CC2)NC(=O)C1F. The van der Waals surface area contributed by atoms with Crippen molar-refractivity contribution in [3.8, 4) is 0 Å². The van der Waals surface area contributed by atoms with Gasteiger partial charge in [-0.2, -0.15) is 0 Å². The van der Waals surface area contributed by atoms with E-state index in [4.69, 9.17) is 0 Å². The molecule has 8 nitrogen and oxygen atoms in total. The second-order valence-electron chi connectivity index (χ2n) is 7.05. The number of hydrogen-bond donors (Lipinski definition) is 2. The van der Waals surface area contributed by atoms with Crippen LogP contribution in [0.5, 0.6) is 0 Å². The Labute approximate surface area is 156 Å². The van der Waals surface area contributed by atoms with Gasteiger partial charge >= 0.3 is 0 Å². The van der Waals surface area contributed by atoms with Crippen molar-refractivity contribution < 1.29 is 14.0 Å². The molecule has 2 aromatic rings. The van der Waals surface area contributed by atoms with Gasteiger partial charge in [0.1, 0.15) is 12.8 Å². The first kappa shape index (κ1) is 17.9. The van der Waals surface area contributed by atoms with Gasteiger partial charge in [0, 0.05) is 32.2 Å². The number of imidazole rings is 1. The maximum atomic E-state index is 13.6. The lowest BCUT2D eigenvalue weighted by Crippen LogP contribution is -2.69. The lowest BCUT2D eigenvalue weighted by Gasteiger charge is -2.43. The van der Waals surface area contributed by atoms with Crippen LogP contribution in [-0.4, -0.2) is 75.8 Å². The Bertz CT molecular complexity index is 847. The molecule has 27 heavy (non-hydrogen) atoms. The molecule has 3 atom stereocenters. The minimum Gasteiger partial charge on any atom is -0.339 e. The highest BCUT2D eigenvalue weighted by Gasteiger charge is 2.37. The third-order valence-electron chi connectivity index (χ3n) is 5.25. The number of piperazine rings is 1. The largest absolute Gasteiger partial charge is 0.339 e. The average Bonchev–Trinajstić information content (AvgIpc) is 3.09. The van der Waals surface area contributed by atoms with Crippen LogP contribution in [0.25, 0.3) is 11.0 Å². The first-order chi connectivity index (χ1) is 13.0. The van der Waals surface area contributed by atoms with Gasteiger partial charge in [-0.15, -0.1) is 0 Å². The molecule has 4 rings (SSSR count). The number of carbonyl (C=O) groups is 2. The lowest BCUT2D eigenvalue weighted by atomic mass is 10.1. The maximum Gasteiger partial charge on any atom is 0.258 e. The minimum atomic E-state index is -1.53. The van der Waals surface area contributed by atoms with Crippen molar-refractivity contribution in [2.75, 3.05) is 26.2 Å². The molecule has 0 bridgehead atoms.